The van der Waals surface area contributed by atoms with Gasteiger partial charge < -0.3 is 14.6 Å². The molecule has 1 aromatic rings. The molecule has 2 saturated heterocycles. The van der Waals surface area contributed by atoms with E-state index in [1.54, 1.807) is 6.26 Å². The van der Waals surface area contributed by atoms with E-state index in [2.05, 4.69) is 10.2 Å². The lowest BCUT2D eigenvalue weighted by atomic mass is 10.2. The minimum absolute atomic E-state index is 0.0663. The minimum Gasteiger partial charge on any atom is -0.468 e. The highest BCUT2D eigenvalue weighted by molar-refractivity contribution is 5.82. The summed E-state index contributed by atoms with van der Waals surface area (Å²) >= 11 is 0. The van der Waals surface area contributed by atoms with E-state index >= 15 is 0 Å². The van der Waals surface area contributed by atoms with Crippen LogP contribution >= 0.6 is 0 Å². The maximum absolute atomic E-state index is 12.3. The molecular weight excluding hydrogens is 242 g/mol. The first-order valence-corrected chi connectivity index (χ1v) is 7.10. The lowest BCUT2D eigenvalue weighted by molar-refractivity contribution is -0.134. The molecule has 0 aliphatic carbocycles. The van der Waals surface area contributed by atoms with Gasteiger partial charge in [0.15, 0.2) is 0 Å². The topological polar surface area (TPSA) is 48.7 Å². The van der Waals surface area contributed by atoms with E-state index in [1.807, 2.05) is 17.0 Å². The number of hydrogen-bond donors (Lipinski definition) is 1. The van der Waals surface area contributed by atoms with E-state index in [0.29, 0.717) is 0 Å². The van der Waals surface area contributed by atoms with E-state index in [-0.39, 0.29) is 11.9 Å². The Balaban J connectivity index is 1.47. The van der Waals surface area contributed by atoms with E-state index in [4.69, 9.17) is 4.42 Å². The van der Waals surface area contributed by atoms with Gasteiger partial charge in [0.05, 0.1) is 18.8 Å². The molecule has 1 unspecified atom stereocenters. The van der Waals surface area contributed by atoms with Crippen molar-refractivity contribution in [3.8, 4) is 0 Å². The molecule has 0 bridgehead atoms. The number of carbonyl (C=O) groups excluding carboxylic acids is 1. The standard InChI is InChI=1S/C14H21N3O2/c18-14(13-4-1-5-15-13)17-8-6-16(7-9-17)11-12-3-2-10-19-12/h2-3,10,13,15H,1,4-9,11H2. The summed E-state index contributed by atoms with van der Waals surface area (Å²) in [6, 6.07) is 3.98. The molecule has 0 spiro atoms. The predicted molar refractivity (Wildman–Crippen MR) is 71.6 cm³/mol. The number of rotatable bonds is 3. The molecule has 5 nitrogen and oxygen atoms in total. The first-order valence-electron chi connectivity index (χ1n) is 7.10. The fraction of sp³-hybridized carbons (Fsp3) is 0.643. The second-order valence-corrected chi connectivity index (χ2v) is 5.33. The average Bonchev–Trinajstić information content (AvgIpc) is 3.12. The van der Waals surface area contributed by atoms with Crippen molar-refractivity contribution >= 4 is 5.91 Å². The van der Waals surface area contributed by atoms with Crippen LogP contribution in [0.15, 0.2) is 22.8 Å². The van der Waals surface area contributed by atoms with Crippen LogP contribution in [0.3, 0.4) is 0 Å². The quantitative estimate of drug-likeness (QED) is 0.871. The van der Waals surface area contributed by atoms with Crippen LogP contribution in [0.5, 0.6) is 0 Å². The Kier molecular flexibility index (Phi) is 3.84. The van der Waals surface area contributed by atoms with Gasteiger partial charge in [-0.15, -0.1) is 0 Å². The molecule has 3 heterocycles. The maximum Gasteiger partial charge on any atom is 0.239 e. The zero-order valence-electron chi connectivity index (χ0n) is 11.2. The van der Waals surface area contributed by atoms with Crippen LogP contribution in [0.25, 0.3) is 0 Å². The first-order chi connectivity index (χ1) is 9.33. The van der Waals surface area contributed by atoms with Gasteiger partial charge in [0.2, 0.25) is 5.91 Å². The van der Waals surface area contributed by atoms with Gasteiger partial charge in [-0.25, -0.2) is 0 Å². The summed E-state index contributed by atoms with van der Waals surface area (Å²) < 4.78 is 5.36. The summed E-state index contributed by atoms with van der Waals surface area (Å²) in [6.45, 7) is 5.35. The van der Waals surface area contributed by atoms with Crippen molar-refractivity contribution < 1.29 is 9.21 Å². The number of furan rings is 1. The summed E-state index contributed by atoms with van der Waals surface area (Å²) in [5.41, 5.74) is 0. The number of nitrogens with one attached hydrogen (secondary N) is 1. The Hall–Kier alpha value is -1.33. The number of piperazine rings is 1. The fourth-order valence-corrected chi connectivity index (χ4v) is 2.87. The number of nitrogens with zero attached hydrogens (tertiary/aromatic N) is 2. The molecule has 5 heteroatoms. The third-order valence-electron chi connectivity index (χ3n) is 4.00. The van der Waals surface area contributed by atoms with E-state index in [0.717, 1.165) is 57.9 Å². The maximum atomic E-state index is 12.3. The van der Waals surface area contributed by atoms with E-state index < -0.39 is 0 Å². The summed E-state index contributed by atoms with van der Waals surface area (Å²) in [4.78, 5) is 16.6. The van der Waals surface area contributed by atoms with Crippen LogP contribution in [0, 0.1) is 0 Å². The molecule has 19 heavy (non-hydrogen) atoms. The molecule has 2 aliphatic rings. The monoisotopic (exact) mass is 263 g/mol. The van der Waals surface area contributed by atoms with Gasteiger partial charge in [-0.2, -0.15) is 0 Å². The van der Waals surface area contributed by atoms with Crippen molar-refractivity contribution in [3.05, 3.63) is 24.2 Å². The van der Waals surface area contributed by atoms with Gasteiger partial charge >= 0.3 is 0 Å². The number of hydrogen-bond acceptors (Lipinski definition) is 4. The van der Waals surface area contributed by atoms with Crippen molar-refractivity contribution in [2.45, 2.75) is 25.4 Å². The lowest BCUT2D eigenvalue weighted by Crippen LogP contribution is -2.52. The molecule has 2 aliphatic heterocycles. The Morgan fingerprint density at radius 1 is 1.37 bits per heavy atom. The van der Waals surface area contributed by atoms with Crippen LogP contribution < -0.4 is 5.32 Å². The zero-order chi connectivity index (χ0) is 13.1. The molecule has 2 fully saturated rings. The highest BCUT2D eigenvalue weighted by Gasteiger charge is 2.29. The lowest BCUT2D eigenvalue weighted by Gasteiger charge is -2.35. The molecule has 0 radical (unpaired) electrons. The molecule has 3 rings (SSSR count). The predicted octanol–water partition coefficient (Wildman–Crippen LogP) is 0.676. The average molecular weight is 263 g/mol. The highest BCUT2D eigenvalue weighted by atomic mass is 16.3. The van der Waals surface area contributed by atoms with Gasteiger partial charge in [0.1, 0.15) is 5.76 Å². The van der Waals surface area contributed by atoms with Crippen molar-refractivity contribution in [1.29, 1.82) is 0 Å². The van der Waals surface area contributed by atoms with Crippen LogP contribution in [0.4, 0.5) is 0 Å². The first kappa shape index (κ1) is 12.7. The second kappa shape index (κ2) is 5.75. The third-order valence-corrected chi connectivity index (χ3v) is 4.00. The van der Waals surface area contributed by atoms with Gasteiger partial charge in [-0.3, -0.25) is 9.69 Å². The SMILES string of the molecule is O=C(C1CCCN1)N1CCN(Cc2ccco2)CC1. The van der Waals surface area contributed by atoms with Crippen LogP contribution in [-0.2, 0) is 11.3 Å². The Labute approximate surface area is 113 Å². The fourth-order valence-electron chi connectivity index (χ4n) is 2.87. The zero-order valence-corrected chi connectivity index (χ0v) is 11.2. The minimum atomic E-state index is 0.0663. The molecule has 1 N–H and O–H groups in total. The van der Waals surface area contributed by atoms with Crippen LogP contribution in [0.1, 0.15) is 18.6 Å². The summed E-state index contributed by atoms with van der Waals surface area (Å²) in [7, 11) is 0. The van der Waals surface area contributed by atoms with Crippen LogP contribution in [-0.4, -0.2) is 54.5 Å². The van der Waals surface area contributed by atoms with Gasteiger partial charge in [0.25, 0.3) is 0 Å². The van der Waals surface area contributed by atoms with Gasteiger partial charge in [-0.1, -0.05) is 0 Å². The largest absolute Gasteiger partial charge is 0.468 e. The molecule has 1 aromatic heterocycles. The van der Waals surface area contributed by atoms with Crippen molar-refractivity contribution in [3.63, 3.8) is 0 Å². The number of amides is 1. The summed E-state index contributed by atoms with van der Waals surface area (Å²) in [5, 5.41) is 3.28. The second-order valence-electron chi connectivity index (χ2n) is 5.33. The van der Waals surface area contributed by atoms with Gasteiger partial charge in [0, 0.05) is 26.2 Å². The highest BCUT2D eigenvalue weighted by Crippen LogP contribution is 2.13. The van der Waals surface area contributed by atoms with Crippen molar-refractivity contribution in [1.82, 2.24) is 15.1 Å². The molecule has 0 saturated carbocycles. The molecule has 0 aromatic carbocycles. The summed E-state index contributed by atoms with van der Waals surface area (Å²) in [6.07, 6.45) is 3.82. The number of carbonyl (C=O) groups is 1. The smallest absolute Gasteiger partial charge is 0.239 e. The third kappa shape index (κ3) is 2.98. The summed E-state index contributed by atoms with van der Waals surface area (Å²) in [5.74, 6) is 1.28. The Morgan fingerprint density at radius 3 is 2.84 bits per heavy atom. The van der Waals surface area contributed by atoms with Crippen molar-refractivity contribution in [2.24, 2.45) is 0 Å². The molecule has 1 atom stereocenters. The normalized spacial score (nSPS) is 24.8. The molecule has 1 amide bonds. The Bertz CT molecular complexity index is 404. The molecule has 104 valence electrons. The van der Waals surface area contributed by atoms with E-state index in [9.17, 15) is 4.79 Å². The van der Waals surface area contributed by atoms with Gasteiger partial charge in [-0.05, 0) is 31.5 Å². The van der Waals surface area contributed by atoms with Crippen LogP contribution in [0.2, 0.25) is 0 Å². The van der Waals surface area contributed by atoms with E-state index in [1.165, 1.54) is 0 Å². The Morgan fingerprint density at radius 2 is 2.21 bits per heavy atom. The van der Waals surface area contributed by atoms with Crippen molar-refractivity contribution in [2.75, 3.05) is 32.7 Å². The molecular formula is C14H21N3O2.